The minimum atomic E-state index is 0.698. The summed E-state index contributed by atoms with van der Waals surface area (Å²) < 4.78 is 1.83. The van der Waals surface area contributed by atoms with Gasteiger partial charge in [-0.25, -0.2) is 9.67 Å². The lowest BCUT2D eigenvalue weighted by Gasteiger charge is -2.06. The highest BCUT2D eigenvalue weighted by atomic mass is 35.5. The first-order valence-corrected chi connectivity index (χ1v) is 8.87. The van der Waals surface area contributed by atoms with Crippen LogP contribution in [0.15, 0.2) is 66.2 Å². The molecule has 0 saturated carbocycles. The number of nitrogens with zero attached hydrogens (tertiary/aromatic N) is 3. The summed E-state index contributed by atoms with van der Waals surface area (Å²) in [5.41, 5.74) is 2.77. The third kappa shape index (κ3) is 2.84. The normalized spacial score (nSPS) is 10.9. The fraction of sp³-hybridized carbons (Fsp3) is 0. The number of benzene rings is 1. The molecular formula is C18H11Cl2N3S. The molecule has 0 unspecified atom stereocenters. The fourth-order valence-corrected chi connectivity index (χ4v) is 3.68. The summed E-state index contributed by atoms with van der Waals surface area (Å²) in [5.74, 6) is 0.751. The van der Waals surface area contributed by atoms with E-state index < -0.39 is 0 Å². The zero-order chi connectivity index (χ0) is 16.5. The van der Waals surface area contributed by atoms with Gasteiger partial charge in [0.1, 0.15) is 5.69 Å². The number of pyridine rings is 1. The molecule has 4 rings (SSSR count). The lowest BCUT2D eigenvalue weighted by Crippen LogP contribution is -2.01. The van der Waals surface area contributed by atoms with Gasteiger partial charge in [-0.3, -0.25) is 0 Å². The molecule has 0 radical (unpaired) electrons. The van der Waals surface area contributed by atoms with Crippen LogP contribution in [0, 0.1) is 0 Å². The second-order valence-corrected chi connectivity index (χ2v) is 6.88. The Labute approximate surface area is 153 Å². The summed E-state index contributed by atoms with van der Waals surface area (Å²) in [5, 5.41) is 8.09. The lowest BCUT2D eigenvalue weighted by molar-refractivity contribution is 0.858. The van der Waals surface area contributed by atoms with E-state index in [-0.39, 0.29) is 0 Å². The van der Waals surface area contributed by atoms with Gasteiger partial charge in [-0.2, -0.15) is 5.10 Å². The van der Waals surface area contributed by atoms with Gasteiger partial charge in [-0.15, -0.1) is 11.3 Å². The summed E-state index contributed by atoms with van der Waals surface area (Å²) in [6.07, 6.45) is 1.75. The average Bonchev–Trinajstić information content (AvgIpc) is 3.22. The van der Waals surface area contributed by atoms with Crippen molar-refractivity contribution in [1.82, 2.24) is 14.8 Å². The monoisotopic (exact) mass is 371 g/mol. The molecule has 0 fully saturated rings. The summed E-state index contributed by atoms with van der Waals surface area (Å²) in [7, 11) is 0. The van der Waals surface area contributed by atoms with Gasteiger partial charge in [0.05, 0.1) is 15.6 Å². The van der Waals surface area contributed by atoms with E-state index in [1.165, 1.54) is 0 Å². The van der Waals surface area contributed by atoms with Crippen molar-refractivity contribution in [2.75, 3.05) is 0 Å². The molecule has 0 saturated heterocycles. The van der Waals surface area contributed by atoms with E-state index in [9.17, 15) is 0 Å². The van der Waals surface area contributed by atoms with Crippen LogP contribution < -0.4 is 0 Å². The van der Waals surface area contributed by atoms with Crippen LogP contribution in [-0.2, 0) is 0 Å². The van der Waals surface area contributed by atoms with Crippen LogP contribution >= 0.6 is 34.5 Å². The minimum absolute atomic E-state index is 0.698. The number of rotatable bonds is 3. The summed E-state index contributed by atoms with van der Waals surface area (Å²) >= 11 is 13.9. The van der Waals surface area contributed by atoms with Crippen LogP contribution in [0.25, 0.3) is 27.6 Å². The molecule has 24 heavy (non-hydrogen) atoms. The molecule has 0 spiro atoms. The zero-order valence-corrected chi connectivity index (χ0v) is 14.7. The van der Waals surface area contributed by atoms with Crippen molar-refractivity contribution in [2.24, 2.45) is 0 Å². The van der Waals surface area contributed by atoms with E-state index >= 15 is 0 Å². The summed E-state index contributed by atoms with van der Waals surface area (Å²) in [6, 6.07) is 17.3. The molecule has 3 aromatic heterocycles. The van der Waals surface area contributed by atoms with E-state index in [4.69, 9.17) is 28.3 Å². The molecule has 0 amide bonds. The molecule has 0 atom stereocenters. The highest BCUT2D eigenvalue weighted by Crippen LogP contribution is 2.35. The Hall–Kier alpha value is -2.14. The van der Waals surface area contributed by atoms with Crippen molar-refractivity contribution in [3.63, 3.8) is 0 Å². The number of aromatic nitrogens is 3. The van der Waals surface area contributed by atoms with Crippen molar-refractivity contribution in [1.29, 1.82) is 0 Å². The molecule has 118 valence electrons. The van der Waals surface area contributed by atoms with Crippen LogP contribution in [0.1, 0.15) is 0 Å². The van der Waals surface area contributed by atoms with Crippen LogP contribution in [0.3, 0.4) is 0 Å². The average molecular weight is 372 g/mol. The largest absolute Gasteiger partial charge is 0.237 e. The molecule has 4 aromatic rings. The van der Waals surface area contributed by atoms with Crippen molar-refractivity contribution in [2.45, 2.75) is 0 Å². The van der Waals surface area contributed by atoms with Gasteiger partial charge in [0.15, 0.2) is 5.82 Å². The molecule has 0 N–H and O–H groups in total. The van der Waals surface area contributed by atoms with E-state index in [1.807, 2.05) is 64.7 Å². The van der Waals surface area contributed by atoms with E-state index in [0.29, 0.717) is 10.0 Å². The lowest BCUT2D eigenvalue weighted by atomic mass is 10.1. The molecule has 0 aliphatic rings. The predicted molar refractivity (Wildman–Crippen MR) is 100 cm³/mol. The zero-order valence-electron chi connectivity index (χ0n) is 12.4. The summed E-state index contributed by atoms with van der Waals surface area (Å²) in [6.45, 7) is 0. The topological polar surface area (TPSA) is 30.7 Å². The second-order valence-electron chi connectivity index (χ2n) is 5.12. The quantitative estimate of drug-likeness (QED) is 0.444. The van der Waals surface area contributed by atoms with Crippen LogP contribution in [0.4, 0.5) is 0 Å². The van der Waals surface area contributed by atoms with Crippen molar-refractivity contribution < 1.29 is 0 Å². The van der Waals surface area contributed by atoms with Gasteiger partial charge in [0, 0.05) is 16.8 Å². The van der Waals surface area contributed by atoms with Crippen LogP contribution in [-0.4, -0.2) is 14.8 Å². The Bertz CT molecular complexity index is 975. The molecular weight excluding hydrogens is 361 g/mol. The molecule has 3 nitrogen and oxygen atoms in total. The maximum Gasteiger partial charge on any atom is 0.153 e. The van der Waals surface area contributed by atoms with Crippen molar-refractivity contribution >= 4 is 34.5 Å². The Balaban J connectivity index is 1.92. The molecule has 6 heteroatoms. The van der Waals surface area contributed by atoms with Crippen molar-refractivity contribution in [3.05, 3.63) is 76.2 Å². The Morgan fingerprint density at radius 1 is 0.958 bits per heavy atom. The fourth-order valence-electron chi connectivity index (χ4n) is 2.45. The van der Waals surface area contributed by atoms with Gasteiger partial charge < -0.3 is 0 Å². The SMILES string of the molecule is Clc1ccc(-c2cc(-c3sccc3Cl)nn2-c2ccccn2)cc1. The minimum Gasteiger partial charge on any atom is -0.237 e. The first kappa shape index (κ1) is 15.4. The number of hydrogen-bond acceptors (Lipinski definition) is 3. The van der Waals surface area contributed by atoms with E-state index in [2.05, 4.69) is 4.98 Å². The number of hydrogen-bond donors (Lipinski definition) is 0. The maximum atomic E-state index is 6.28. The standard InChI is InChI=1S/C18H11Cl2N3S/c19-13-6-4-12(5-7-13)16-11-15(18-14(20)8-10-24-18)22-23(16)17-3-1-2-9-21-17/h1-11H. The Kier molecular flexibility index (Phi) is 4.10. The smallest absolute Gasteiger partial charge is 0.153 e. The van der Waals surface area contributed by atoms with Gasteiger partial charge in [-0.05, 0) is 41.8 Å². The first-order chi connectivity index (χ1) is 11.7. The Morgan fingerprint density at radius 3 is 2.46 bits per heavy atom. The third-order valence-corrected chi connectivity index (χ3v) is 5.18. The molecule has 3 heterocycles. The first-order valence-electron chi connectivity index (χ1n) is 7.23. The highest BCUT2D eigenvalue weighted by molar-refractivity contribution is 7.14. The van der Waals surface area contributed by atoms with Gasteiger partial charge in [0.25, 0.3) is 0 Å². The maximum absolute atomic E-state index is 6.28. The van der Waals surface area contributed by atoms with E-state index in [0.717, 1.165) is 27.6 Å². The molecule has 0 aliphatic carbocycles. The van der Waals surface area contributed by atoms with Crippen LogP contribution in [0.2, 0.25) is 10.0 Å². The predicted octanol–water partition coefficient (Wildman–Crippen LogP) is 5.97. The summed E-state index contributed by atoms with van der Waals surface area (Å²) in [4.78, 5) is 5.36. The highest BCUT2D eigenvalue weighted by Gasteiger charge is 2.16. The van der Waals surface area contributed by atoms with Gasteiger partial charge in [-0.1, -0.05) is 41.4 Å². The van der Waals surface area contributed by atoms with Crippen molar-refractivity contribution in [3.8, 4) is 27.6 Å². The molecule has 0 bridgehead atoms. The number of thiophene rings is 1. The molecule has 1 aromatic carbocycles. The van der Waals surface area contributed by atoms with Crippen LogP contribution in [0.5, 0.6) is 0 Å². The number of halogens is 2. The molecule has 0 aliphatic heterocycles. The Morgan fingerprint density at radius 2 is 1.79 bits per heavy atom. The van der Waals surface area contributed by atoms with Gasteiger partial charge in [0.2, 0.25) is 0 Å². The second kappa shape index (κ2) is 6.40. The van der Waals surface area contributed by atoms with E-state index in [1.54, 1.807) is 17.5 Å². The third-order valence-electron chi connectivity index (χ3n) is 3.57. The van der Waals surface area contributed by atoms with Gasteiger partial charge >= 0.3 is 0 Å².